The fourth-order valence-electron chi connectivity index (χ4n) is 5.00. The number of amides is 2. The van der Waals surface area contributed by atoms with Gasteiger partial charge in [0.2, 0.25) is 11.8 Å². The monoisotopic (exact) mass is 554 g/mol. The van der Waals surface area contributed by atoms with Crippen LogP contribution in [0.1, 0.15) is 42.0 Å². The molecule has 0 spiro atoms. The molecule has 1 heterocycles. The Morgan fingerprint density at radius 3 is 2.05 bits per heavy atom. The molecule has 41 heavy (non-hydrogen) atoms. The van der Waals surface area contributed by atoms with Crippen molar-refractivity contribution in [3.63, 3.8) is 0 Å². The van der Waals surface area contributed by atoms with E-state index in [0.717, 1.165) is 16.7 Å². The summed E-state index contributed by atoms with van der Waals surface area (Å²) >= 11 is 0. The number of nitrogens with zero attached hydrogens (tertiary/aromatic N) is 1. The van der Waals surface area contributed by atoms with E-state index < -0.39 is 12.0 Å². The number of ether oxygens (including phenoxy) is 1. The van der Waals surface area contributed by atoms with E-state index in [1.165, 1.54) is 0 Å². The highest BCUT2D eigenvalue weighted by Crippen LogP contribution is 2.22. The Labute approximate surface area is 241 Å². The van der Waals surface area contributed by atoms with Crippen LogP contribution in [-0.2, 0) is 32.1 Å². The highest BCUT2D eigenvalue weighted by atomic mass is 16.5. The number of carbonyl (C=O) groups excluding carboxylic acids is 3. The van der Waals surface area contributed by atoms with E-state index in [1.54, 1.807) is 4.90 Å². The van der Waals surface area contributed by atoms with Gasteiger partial charge in [-0.2, -0.15) is 0 Å². The number of benzene rings is 3. The second-order valence-corrected chi connectivity index (χ2v) is 10.4. The number of hydrogen-bond donors (Lipinski definition) is 2. The quantitative estimate of drug-likeness (QED) is 0.297. The maximum absolute atomic E-state index is 13.6. The molecule has 0 aliphatic carbocycles. The Bertz CT molecular complexity index is 1280. The second kappa shape index (κ2) is 15.5. The molecule has 0 saturated carbocycles. The lowest BCUT2D eigenvalue weighted by atomic mass is 9.94. The van der Waals surface area contributed by atoms with E-state index in [0.29, 0.717) is 25.8 Å². The molecule has 3 aromatic carbocycles. The third-order valence-electron chi connectivity index (χ3n) is 7.31. The predicted octanol–water partition coefficient (Wildman–Crippen LogP) is 4.62. The Morgan fingerprint density at radius 1 is 0.829 bits per heavy atom. The van der Waals surface area contributed by atoms with Gasteiger partial charge in [0.25, 0.3) is 0 Å². The van der Waals surface area contributed by atoms with Gasteiger partial charge in [0, 0.05) is 19.5 Å². The molecule has 214 valence electrons. The summed E-state index contributed by atoms with van der Waals surface area (Å²) in [5.41, 5.74) is 2.82. The molecule has 0 saturated heterocycles. The topological polar surface area (TPSA) is 95.9 Å². The zero-order valence-corrected chi connectivity index (χ0v) is 23.2. The van der Waals surface area contributed by atoms with Crippen LogP contribution in [0.4, 0.5) is 0 Å². The average molecular weight is 555 g/mol. The van der Waals surface area contributed by atoms with Crippen LogP contribution in [-0.4, -0.2) is 47.5 Å². The smallest absolute Gasteiger partial charge is 0.309 e. The van der Waals surface area contributed by atoms with Crippen LogP contribution < -0.4 is 5.32 Å². The molecule has 1 aliphatic heterocycles. The minimum Gasteiger partial charge on any atom is -0.463 e. The molecule has 4 rings (SSSR count). The van der Waals surface area contributed by atoms with Gasteiger partial charge in [-0.1, -0.05) is 103 Å². The first-order valence-electron chi connectivity index (χ1n) is 14.2. The summed E-state index contributed by atoms with van der Waals surface area (Å²) in [5, 5.41) is 12.7. The Morgan fingerprint density at radius 2 is 1.41 bits per heavy atom. The van der Waals surface area contributed by atoms with E-state index in [2.05, 4.69) is 5.32 Å². The average Bonchev–Trinajstić information content (AvgIpc) is 3.00. The van der Waals surface area contributed by atoms with E-state index in [4.69, 9.17) is 4.74 Å². The zero-order chi connectivity index (χ0) is 28.9. The van der Waals surface area contributed by atoms with Crippen LogP contribution in [0.3, 0.4) is 0 Å². The van der Waals surface area contributed by atoms with Crippen LogP contribution in [0.25, 0.3) is 0 Å². The fourth-order valence-corrected chi connectivity index (χ4v) is 5.00. The molecule has 0 aromatic heterocycles. The summed E-state index contributed by atoms with van der Waals surface area (Å²) < 4.78 is 5.78. The van der Waals surface area contributed by atoms with Gasteiger partial charge in [-0.25, -0.2) is 0 Å². The van der Waals surface area contributed by atoms with E-state index in [-0.39, 0.29) is 49.9 Å². The van der Waals surface area contributed by atoms with Crippen molar-refractivity contribution in [2.24, 2.45) is 11.8 Å². The van der Waals surface area contributed by atoms with Crippen LogP contribution in [0.15, 0.2) is 103 Å². The van der Waals surface area contributed by atoms with E-state index >= 15 is 0 Å². The first kappa shape index (κ1) is 29.7. The van der Waals surface area contributed by atoms with E-state index in [1.807, 2.05) is 103 Å². The van der Waals surface area contributed by atoms with Crippen molar-refractivity contribution in [1.82, 2.24) is 10.2 Å². The molecule has 0 fully saturated rings. The maximum Gasteiger partial charge on any atom is 0.309 e. The van der Waals surface area contributed by atoms with E-state index in [9.17, 15) is 19.5 Å². The van der Waals surface area contributed by atoms with Crippen LogP contribution in [0.5, 0.6) is 0 Å². The zero-order valence-electron chi connectivity index (χ0n) is 23.2. The normalized spacial score (nSPS) is 19.8. The number of hydrogen-bond acceptors (Lipinski definition) is 5. The molecule has 7 nitrogen and oxygen atoms in total. The van der Waals surface area contributed by atoms with Crippen molar-refractivity contribution >= 4 is 17.8 Å². The van der Waals surface area contributed by atoms with Crippen LogP contribution in [0.2, 0.25) is 0 Å². The van der Waals surface area contributed by atoms with Gasteiger partial charge >= 0.3 is 5.97 Å². The van der Waals surface area contributed by atoms with Crippen molar-refractivity contribution < 1.29 is 24.2 Å². The van der Waals surface area contributed by atoms with Gasteiger partial charge < -0.3 is 20.1 Å². The Kier molecular flexibility index (Phi) is 11.3. The summed E-state index contributed by atoms with van der Waals surface area (Å²) in [7, 11) is 0. The first-order valence-corrected chi connectivity index (χ1v) is 14.2. The largest absolute Gasteiger partial charge is 0.463 e. The van der Waals surface area contributed by atoms with Gasteiger partial charge in [0.15, 0.2) is 0 Å². The van der Waals surface area contributed by atoms with Crippen molar-refractivity contribution in [3.05, 3.63) is 120 Å². The lowest BCUT2D eigenvalue weighted by Crippen LogP contribution is -2.40. The minimum absolute atomic E-state index is 0.00223. The van der Waals surface area contributed by atoms with Crippen molar-refractivity contribution in [3.8, 4) is 0 Å². The molecule has 2 amide bonds. The van der Waals surface area contributed by atoms with Crippen molar-refractivity contribution in [2.45, 2.75) is 38.3 Å². The third-order valence-corrected chi connectivity index (χ3v) is 7.31. The molecule has 0 bridgehead atoms. The number of carbonyl (C=O) groups is 3. The SMILES string of the molecule is O=C1N[C@@H](c2ccccc2)COC(=O)[C@@H](Cc2ccccc2)CC=CC[C@@H]1CC(=O)N(CCO)Cc1ccccc1. The highest BCUT2D eigenvalue weighted by Gasteiger charge is 2.28. The van der Waals surface area contributed by atoms with Gasteiger partial charge in [-0.05, 0) is 36.0 Å². The summed E-state index contributed by atoms with van der Waals surface area (Å²) in [6.45, 7) is 0.365. The lowest BCUT2D eigenvalue weighted by molar-refractivity contribution is -0.150. The molecule has 1 aliphatic rings. The molecule has 7 heteroatoms. The molecule has 0 unspecified atom stereocenters. The maximum atomic E-state index is 13.6. The van der Waals surface area contributed by atoms with Gasteiger partial charge in [0.1, 0.15) is 6.61 Å². The van der Waals surface area contributed by atoms with Crippen LogP contribution in [0, 0.1) is 11.8 Å². The molecule has 3 aromatic rings. The minimum atomic E-state index is -0.621. The summed E-state index contributed by atoms with van der Waals surface area (Å²) in [4.78, 5) is 41.7. The summed E-state index contributed by atoms with van der Waals surface area (Å²) in [6.07, 6.45) is 5.16. The van der Waals surface area contributed by atoms with Gasteiger partial charge in [-0.15, -0.1) is 0 Å². The Hall–Kier alpha value is -4.23. The number of cyclic esters (lactones) is 1. The Balaban J connectivity index is 1.55. The highest BCUT2D eigenvalue weighted by molar-refractivity contribution is 5.86. The standard InChI is InChI=1S/C34H38N2O5/c37-21-20-36(24-27-14-6-2-7-15-27)32(38)23-29-18-10-11-19-30(22-26-12-4-1-5-13-26)34(40)41-25-31(35-33(29)39)28-16-8-3-9-17-28/h1-17,29-31,37H,18-25H2,(H,35,39)/t29-,30-,31-/m1/s1. The number of esters is 1. The van der Waals surface area contributed by atoms with Crippen molar-refractivity contribution in [1.29, 1.82) is 0 Å². The second-order valence-electron chi connectivity index (χ2n) is 10.4. The number of rotatable bonds is 9. The molecular formula is C34H38N2O5. The van der Waals surface area contributed by atoms with Crippen LogP contribution >= 0.6 is 0 Å². The molecule has 0 radical (unpaired) electrons. The first-order chi connectivity index (χ1) is 20.0. The summed E-state index contributed by atoms with van der Waals surface area (Å²) in [6, 6.07) is 28.3. The predicted molar refractivity (Wildman–Crippen MR) is 157 cm³/mol. The molecule has 3 atom stereocenters. The lowest BCUT2D eigenvalue weighted by Gasteiger charge is -2.27. The summed E-state index contributed by atoms with van der Waals surface area (Å²) in [5.74, 6) is -1.77. The van der Waals surface area contributed by atoms with Crippen molar-refractivity contribution in [2.75, 3.05) is 19.8 Å². The van der Waals surface area contributed by atoms with Gasteiger partial charge in [0.05, 0.1) is 24.5 Å². The molecule has 2 N–H and O–H groups in total. The molecular weight excluding hydrogens is 516 g/mol. The number of allylic oxidation sites excluding steroid dienone is 2. The number of aliphatic hydroxyl groups excluding tert-OH is 1. The fraction of sp³-hybridized carbons (Fsp3) is 0.324. The third kappa shape index (κ3) is 9.15. The van der Waals surface area contributed by atoms with Gasteiger partial charge in [-0.3, -0.25) is 14.4 Å². The number of nitrogens with one attached hydrogen (secondary N) is 1. The number of aliphatic hydroxyl groups is 1.